The number of aliphatic hydroxyl groups excluding tert-OH is 1. The molecule has 0 aliphatic carbocycles. The zero-order valence-electron chi connectivity index (χ0n) is 25.6. The molecule has 0 aromatic carbocycles. The summed E-state index contributed by atoms with van der Waals surface area (Å²) in [6.45, 7) is 6.62. The number of esters is 2. The minimum atomic E-state index is -0.953. The molecular weight excluding hydrogens is 476 g/mol. The normalized spacial score (nSPS) is 12.1. The highest BCUT2D eigenvalue weighted by Crippen LogP contribution is 2.14. The lowest BCUT2D eigenvalue weighted by Gasteiger charge is -2.12. The molecule has 0 unspecified atom stereocenters. The standard InChI is InChI=1S/C33H64O5/c1-4-5-6-7-8-9-14-17-20-23-26-32(35)37-28-31(34)29-38-33(36)27-24-21-18-15-12-10-11-13-16-19-22-25-30(2)3/h30-31,34H,4-29H2,1-3H3/t31-/m1/s1. The maximum atomic E-state index is 11.9. The van der Waals surface area contributed by atoms with Crippen LogP contribution in [0.25, 0.3) is 0 Å². The summed E-state index contributed by atoms with van der Waals surface area (Å²) < 4.78 is 10.3. The van der Waals surface area contributed by atoms with Crippen molar-refractivity contribution in [3.8, 4) is 0 Å². The van der Waals surface area contributed by atoms with E-state index in [1.54, 1.807) is 0 Å². The second-order valence-electron chi connectivity index (χ2n) is 11.8. The highest BCUT2D eigenvalue weighted by molar-refractivity contribution is 5.69. The first-order valence-corrected chi connectivity index (χ1v) is 16.4. The second-order valence-corrected chi connectivity index (χ2v) is 11.8. The second kappa shape index (κ2) is 28.9. The molecule has 0 rings (SSSR count). The van der Waals surface area contributed by atoms with Crippen LogP contribution in [0.15, 0.2) is 0 Å². The largest absolute Gasteiger partial charge is 0.463 e. The van der Waals surface area contributed by atoms with E-state index in [4.69, 9.17) is 9.47 Å². The van der Waals surface area contributed by atoms with Crippen molar-refractivity contribution in [3.63, 3.8) is 0 Å². The average Bonchev–Trinajstić information content (AvgIpc) is 2.89. The van der Waals surface area contributed by atoms with E-state index in [-0.39, 0.29) is 25.2 Å². The van der Waals surface area contributed by atoms with Crippen molar-refractivity contribution in [1.29, 1.82) is 0 Å². The Morgan fingerprint density at radius 1 is 0.526 bits per heavy atom. The zero-order chi connectivity index (χ0) is 28.1. The Morgan fingerprint density at radius 3 is 1.18 bits per heavy atom. The van der Waals surface area contributed by atoms with Gasteiger partial charge in [0.05, 0.1) is 0 Å². The minimum absolute atomic E-state index is 0.109. The van der Waals surface area contributed by atoms with Crippen LogP contribution in [-0.2, 0) is 19.1 Å². The van der Waals surface area contributed by atoms with Crippen molar-refractivity contribution in [1.82, 2.24) is 0 Å². The maximum absolute atomic E-state index is 11.9. The Bertz CT molecular complexity index is 520. The highest BCUT2D eigenvalue weighted by Gasteiger charge is 2.12. The molecule has 5 nitrogen and oxygen atoms in total. The smallest absolute Gasteiger partial charge is 0.305 e. The van der Waals surface area contributed by atoms with Crippen LogP contribution in [0.4, 0.5) is 0 Å². The van der Waals surface area contributed by atoms with Crippen molar-refractivity contribution in [2.24, 2.45) is 5.92 Å². The van der Waals surface area contributed by atoms with Gasteiger partial charge in [0.1, 0.15) is 19.3 Å². The molecule has 0 saturated carbocycles. The lowest BCUT2D eigenvalue weighted by molar-refractivity contribution is -0.152. The molecule has 0 fully saturated rings. The van der Waals surface area contributed by atoms with Gasteiger partial charge < -0.3 is 14.6 Å². The van der Waals surface area contributed by atoms with Crippen LogP contribution in [0.5, 0.6) is 0 Å². The summed E-state index contributed by atoms with van der Waals surface area (Å²) in [4.78, 5) is 23.7. The average molecular weight is 541 g/mol. The topological polar surface area (TPSA) is 72.8 Å². The third-order valence-corrected chi connectivity index (χ3v) is 7.27. The first-order valence-electron chi connectivity index (χ1n) is 16.4. The lowest BCUT2D eigenvalue weighted by Crippen LogP contribution is -2.25. The molecule has 1 atom stereocenters. The number of ether oxygens (including phenoxy) is 2. The SMILES string of the molecule is CCCCCCCCCCCCC(=O)OC[C@@H](O)COC(=O)CCCCCCCCCCCCCC(C)C. The van der Waals surface area contributed by atoms with Gasteiger partial charge in [0.2, 0.25) is 0 Å². The summed E-state index contributed by atoms with van der Waals surface area (Å²) in [5.41, 5.74) is 0. The van der Waals surface area contributed by atoms with Crippen molar-refractivity contribution in [2.75, 3.05) is 13.2 Å². The molecule has 0 aliphatic rings. The van der Waals surface area contributed by atoms with Gasteiger partial charge in [-0.05, 0) is 18.8 Å². The fraction of sp³-hybridized carbons (Fsp3) is 0.939. The summed E-state index contributed by atoms with van der Waals surface area (Å²) in [5.74, 6) is 0.276. The first-order chi connectivity index (χ1) is 18.5. The summed E-state index contributed by atoms with van der Waals surface area (Å²) in [6.07, 6.45) is 27.2. The summed E-state index contributed by atoms with van der Waals surface area (Å²) >= 11 is 0. The van der Waals surface area contributed by atoms with Gasteiger partial charge in [0.15, 0.2) is 0 Å². The molecular formula is C33H64O5. The van der Waals surface area contributed by atoms with Crippen LogP contribution in [0.2, 0.25) is 0 Å². The third kappa shape index (κ3) is 29.5. The van der Waals surface area contributed by atoms with E-state index < -0.39 is 6.10 Å². The number of aliphatic hydroxyl groups is 1. The van der Waals surface area contributed by atoms with Crippen LogP contribution in [0.3, 0.4) is 0 Å². The Hall–Kier alpha value is -1.10. The van der Waals surface area contributed by atoms with E-state index in [1.165, 1.54) is 116 Å². The van der Waals surface area contributed by atoms with Gasteiger partial charge in [-0.3, -0.25) is 9.59 Å². The highest BCUT2D eigenvalue weighted by atomic mass is 16.6. The molecule has 226 valence electrons. The van der Waals surface area contributed by atoms with Crippen LogP contribution in [0.1, 0.15) is 175 Å². The van der Waals surface area contributed by atoms with E-state index >= 15 is 0 Å². The van der Waals surface area contributed by atoms with Gasteiger partial charge in [-0.2, -0.15) is 0 Å². The Balaban J connectivity index is 3.41. The lowest BCUT2D eigenvalue weighted by atomic mass is 10.0. The molecule has 0 spiro atoms. The van der Waals surface area contributed by atoms with Gasteiger partial charge in [0.25, 0.3) is 0 Å². The summed E-state index contributed by atoms with van der Waals surface area (Å²) in [6, 6.07) is 0. The van der Waals surface area contributed by atoms with E-state index in [2.05, 4.69) is 20.8 Å². The van der Waals surface area contributed by atoms with Gasteiger partial charge in [-0.1, -0.05) is 149 Å². The molecule has 0 aliphatic heterocycles. The predicted molar refractivity (Wildman–Crippen MR) is 159 cm³/mol. The minimum Gasteiger partial charge on any atom is -0.463 e. The Kier molecular flexibility index (Phi) is 28.1. The van der Waals surface area contributed by atoms with E-state index in [0.717, 1.165) is 31.6 Å². The van der Waals surface area contributed by atoms with Gasteiger partial charge in [-0.25, -0.2) is 0 Å². The number of carbonyl (C=O) groups is 2. The molecule has 38 heavy (non-hydrogen) atoms. The van der Waals surface area contributed by atoms with Gasteiger partial charge >= 0.3 is 11.9 Å². The van der Waals surface area contributed by atoms with Crippen molar-refractivity contribution in [2.45, 2.75) is 181 Å². The fourth-order valence-electron chi connectivity index (χ4n) is 4.74. The number of hydrogen-bond donors (Lipinski definition) is 1. The Labute approximate surface area is 236 Å². The first kappa shape index (κ1) is 36.9. The molecule has 0 aromatic heterocycles. The fourth-order valence-corrected chi connectivity index (χ4v) is 4.74. The van der Waals surface area contributed by atoms with E-state index in [9.17, 15) is 14.7 Å². The predicted octanol–water partition coefficient (Wildman–Crippen LogP) is 9.47. The molecule has 5 heteroatoms. The molecule has 0 radical (unpaired) electrons. The number of rotatable bonds is 29. The maximum Gasteiger partial charge on any atom is 0.305 e. The quantitative estimate of drug-likeness (QED) is 0.0755. The molecule has 0 heterocycles. The van der Waals surface area contributed by atoms with Crippen LogP contribution in [0, 0.1) is 5.92 Å². The number of carbonyl (C=O) groups excluding carboxylic acids is 2. The number of hydrogen-bond acceptors (Lipinski definition) is 5. The van der Waals surface area contributed by atoms with E-state index in [1.807, 2.05) is 0 Å². The zero-order valence-corrected chi connectivity index (χ0v) is 25.6. The summed E-state index contributed by atoms with van der Waals surface area (Å²) in [5, 5.41) is 9.93. The Morgan fingerprint density at radius 2 is 0.842 bits per heavy atom. The van der Waals surface area contributed by atoms with Crippen LogP contribution < -0.4 is 0 Å². The van der Waals surface area contributed by atoms with Crippen LogP contribution in [-0.4, -0.2) is 36.4 Å². The van der Waals surface area contributed by atoms with Crippen molar-refractivity contribution in [3.05, 3.63) is 0 Å². The molecule has 1 N–H and O–H groups in total. The number of unbranched alkanes of at least 4 members (excludes halogenated alkanes) is 19. The van der Waals surface area contributed by atoms with Gasteiger partial charge in [-0.15, -0.1) is 0 Å². The molecule has 0 bridgehead atoms. The monoisotopic (exact) mass is 540 g/mol. The van der Waals surface area contributed by atoms with Gasteiger partial charge in [0, 0.05) is 12.8 Å². The van der Waals surface area contributed by atoms with Crippen LogP contribution >= 0.6 is 0 Å². The molecule has 0 amide bonds. The summed E-state index contributed by atoms with van der Waals surface area (Å²) in [7, 11) is 0. The molecule has 0 saturated heterocycles. The third-order valence-electron chi connectivity index (χ3n) is 7.27. The molecule has 0 aromatic rings. The van der Waals surface area contributed by atoms with Crippen molar-refractivity contribution >= 4 is 11.9 Å². The van der Waals surface area contributed by atoms with E-state index in [0.29, 0.717) is 12.8 Å². The van der Waals surface area contributed by atoms with Crippen molar-refractivity contribution < 1.29 is 24.2 Å².